The fraction of sp³-hybridized carbons (Fsp3) is 0.133. The van der Waals surface area contributed by atoms with E-state index in [-0.39, 0.29) is 17.6 Å². The fourth-order valence-corrected chi connectivity index (χ4v) is 2.34. The van der Waals surface area contributed by atoms with Gasteiger partial charge in [0, 0.05) is 0 Å². The molecule has 2 aromatic carbocycles. The Balaban J connectivity index is 2.17. The molecule has 0 bridgehead atoms. The van der Waals surface area contributed by atoms with Crippen LogP contribution in [0.25, 0.3) is 11.0 Å². The molecule has 0 amide bonds. The maximum absolute atomic E-state index is 13.0. The number of nitrogens with zero attached hydrogens (tertiary/aromatic N) is 1. The fourth-order valence-electron chi connectivity index (χ4n) is 2.34. The van der Waals surface area contributed by atoms with E-state index in [0.717, 1.165) is 11.6 Å². The maximum atomic E-state index is 13.0. The van der Waals surface area contributed by atoms with Gasteiger partial charge in [-0.25, -0.2) is 4.79 Å². The van der Waals surface area contributed by atoms with Gasteiger partial charge in [0.15, 0.2) is 0 Å². The predicted octanol–water partition coefficient (Wildman–Crippen LogP) is 3.40. The third kappa shape index (κ3) is 2.44. The first-order valence-corrected chi connectivity index (χ1v) is 6.29. The Labute approximate surface area is 117 Å². The molecule has 21 heavy (non-hydrogen) atoms. The van der Waals surface area contributed by atoms with Gasteiger partial charge in [-0.15, -0.1) is 0 Å². The number of aromatic amines is 1. The second-order valence-electron chi connectivity index (χ2n) is 4.70. The molecule has 0 atom stereocenters. The SMILES string of the molecule is O=c1[nH]c2c(C(F)(F)F)cccc2n1Cc1ccccc1. The number of halogens is 3. The smallest absolute Gasteiger partial charge is 0.305 e. The van der Waals surface area contributed by atoms with E-state index in [4.69, 9.17) is 0 Å². The highest BCUT2D eigenvalue weighted by Crippen LogP contribution is 2.33. The van der Waals surface area contributed by atoms with E-state index in [1.165, 1.54) is 16.7 Å². The molecule has 0 aliphatic carbocycles. The van der Waals surface area contributed by atoms with Crippen molar-refractivity contribution >= 4 is 11.0 Å². The molecule has 1 N–H and O–H groups in total. The van der Waals surface area contributed by atoms with Gasteiger partial charge in [-0.3, -0.25) is 4.57 Å². The van der Waals surface area contributed by atoms with Crippen LogP contribution in [0, 0.1) is 0 Å². The lowest BCUT2D eigenvalue weighted by atomic mass is 10.1. The number of para-hydroxylation sites is 1. The van der Waals surface area contributed by atoms with Gasteiger partial charge in [-0.05, 0) is 17.7 Å². The van der Waals surface area contributed by atoms with Gasteiger partial charge in [0.25, 0.3) is 0 Å². The van der Waals surface area contributed by atoms with Gasteiger partial charge in [0.05, 0.1) is 23.1 Å². The molecular weight excluding hydrogens is 281 g/mol. The Morgan fingerprint density at radius 3 is 2.38 bits per heavy atom. The van der Waals surface area contributed by atoms with Crippen LogP contribution in [0.5, 0.6) is 0 Å². The molecular formula is C15H11F3N2O. The van der Waals surface area contributed by atoms with Crippen LogP contribution in [-0.2, 0) is 12.7 Å². The molecule has 1 aromatic heterocycles. The lowest BCUT2D eigenvalue weighted by Crippen LogP contribution is -2.17. The zero-order chi connectivity index (χ0) is 15.0. The van der Waals surface area contributed by atoms with Gasteiger partial charge < -0.3 is 4.98 Å². The molecule has 3 rings (SSSR count). The molecule has 1 heterocycles. The first-order valence-electron chi connectivity index (χ1n) is 6.29. The number of aromatic nitrogens is 2. The Hall–Kier alpha value is -2.50. The van der Waals surface area contributed by atoms with Gasteiger partial charge >= 0.3 is 11.9 Å². The van der Waals surface area contributed by atoms with E-state index < -0.39 is 17.4 Å². The summed E-state index contributed by atoms with van der Waals surface area (Å²) in [7, 11) is 0. The van der Waals surface area contributed by atoms with E-state index in [0.29, 0.717) is 0 Å². The number of nitrogens with one attached hydrogen (secondary N) is 1. The normalized spacial score (nSPS) is 12.0. The molecule has 0 saturated carbocycles. The van der Waals surface area contributed by atoms with Gasteiger partial charge in [0.2, 0.25) is 0 Å². The molecule has 0 unspecified atom stereocenters. The van der Waals surface area contributed by atoms with Crippen LogP contribution in [-0.4, -0.2) is 9.55 Å². The Morgan fingerprint density at radius 2 is 1.71 bits per heavy atom. The number of hydrogen-bond donors (Lipinski definition) is 1. The zero-order valence-corrected chi connectivity index (χ0v) is 10.8. The van der Waals surface area contributed by atoms with E-state index in [2.05, 4.69) is 4.98 Å². The van der Waals surface area contributed by atoms with Crippen molar-refractivity contribution in [3.8, 4) is 0 Å². The zero-order valence-electron chi connectivity index (χ0n) is 10.8. The third-order valence-corrected chi connectivity index (χ3v) is 3.30. The van der Waals surface area contributed by atoms with Gasteiger partial charge in [-0.2, -0.15) is 13.2 Å². The Morgan fingerprint density at radius 1 is 1.00 bits per heavy atom. The van der Waals surface area contributed by atoms with Gasteiger partial charge in [0.1, 0.15) is 0 Å². The van der Waals surface area contributed by atoms with Crippen LogP contribution in [0.4, 0.5) is 13.2 Å². The first kappa shape index (κ1) is 13.5. The minimum atomic E-state index is -4.50. The summed E-state index contributed by atoms with van der Waals surface area (Å²) < 4.78 is 40.2. The number of fused-ring (bicyclic) bond motifs is 1. The highest BCUT2D eigenvalue weighted by Gasteiger charge is 2.33. The summed E-state index contributed by atoms with van der Waals surface area (Å²) in [5.41, 5.74) is -0.461. The molecule has 0 saturated heterocycles. The van der Waals surface area contributed by atoms with Crippen LogP contribution in [0.3, 0.4) is 0 Å². The van der Waals surface area contributed by atoms with Crippen molar-refractivity contribution in [1.82, 2.24) is 9.55 Å². The number of hydrogen-bond acceptors (Lipinski definition) is 1. The number of imidazole rings is 1. The standard InChI is InChI=1S/C15H11F3N2O/c16-15(17,18)11-7-4-8-12-13(11)19-14(21)20(12)9-10-5-2-1-3-6-10/h1-8H,9H2,(H,19,21). The highest BCUT2D eigenvalue weighted by atomic mass is 19.4. The van der Waals surface area contributed by atoms with Crippen molar-refractivity contribution in [2.75, 3.05) is 0 Å². The minimum absolute atomic E-state index is 0.175. The van der Waals surface area contributed by atoms with E-state index in [9.17, 15) is 18.0 Å². The van der Waals surface area contributed by atoms with Crippen LogP contribution in [0.15, 0.2) is 53.3 Å². The average molecular weight is 292 g/mol. The predicted molar refractivity (Wildman–Crippen MR) is 73.1 cm³/mol. The summed E-state index contributed by atoms with van der Waals surface area (Å²) in [6.07, 6.45) is -4.50. The molecule has 3 nitrogen and oxygen atoms in total. The van der Waals surface area contributed by atoms with E-state index >= 15 is 0 Å². The molecule has 108 valence electrons. The van der Waals surface area contributed by atoms with E-state index in [1.807, 2.05) is 30.3 Å². The third-order valence-electron chi connectivity index (χ3n) is 3.30. The van der Waals surface area contributed by atoms with Crippen molar-refractivity contribution in [3.63, 3.8) is 0 Å². The number of H-pyrrole nitrogens is 1. The van der Waals surface area contributed by atoms with Crippen molar-refractivity contribution in [2.24, 2.45) is 0 Å². The number of alkyl halides is 3. The lowest BCUT2D eigenvalue weighted by molar-refractivity contribution is -0.136. The summed E-state index contributed by atoms with van der Waals surface area (Å²) in [5.74, 6) is 0. The molecule has 0 spiro atoms. The van der Waals surface area contributed by atoms with Crippen molar-refractivity contribution < 1.29 is 13.2 Å². The van der Waals surface area contributed by atoms with Crippen LogP contribution in [0.2, 0.25) is 0 Å². The summed E-state index contributed by atoms with van der Waals surface area (Å²) in [6, 6.07) is 12.9. The topological polar surface area (TPSA) is 37.8 Å². The van der Waals surface area contributed by atoms with Gasteiger partial charge in [-0.1, -0.05) is 36.4 Å². The number of benzene rings is 2. The van der Waals surface area contributed by atoms with E-state index in [1.54, 1.807) is 0 Å². The summed E-state index contributed by atoms with van der Waals surface area (Å²) in [6.45, 7) is 0.223. The van der Waals surface area contributed by atoms with Crippen molar-refractivity contribution in [3.05, 3.63) is 70.1 Å². The summed E-state index contributed by atoms with van der Waals surface area (Å²) in [4.78, 5) is 14.3. The molecule has 0 radical (unpaired) electrons. The highest BCUT2D eigenvalue weighted by molar-refractivity contribution is 5.79. The average Bonchev–Trinajstić information content (AvgIpc) is 2.75. The second-order valence-corrected chi connectivity index (χ2v) is 4.70. The minimum Gasteiger partial charge on any atom is -0.305 e. The number of rotatable bonds is 2. The monoisotopic (exact) mass is 292 g/mol. The van der Waals surface area contributed by atoms with Crippen LogP contribution < -0.4 is 5.69 Å². The van der Waals surface area contributed by atoms with Crippen molar-refractivity contribution in [2.45, 2.75) is 12.7 Å². The lowest BCUT2D eigenvalue weighted by Gasteiger charge is -2.08. The van der Waals surface area contributed by atoms with Crippen LogP contribution >= 0.6 is 0 Å². The Kier molecular flexibility index (Phi) is 3.08. The molecule has 0 aliphatic heterocycles. The molecule has 6 heteroatoms. The quantitative estimate of drug-likeness (QED) is 0.772. The maximum Gasteiger partial charge on any atom is 0.418 e. The summed E-state index contributed by atoms with van der Waals surface area (Å²) in [5, 5.41) is 0. The molecule has 0 aliphatic rings. The molecule has 0 fully saturated rings. The second kappa shape index (κ2) is 4.80. The summed E-state index contributed by atoms with van der Waals surface area (Å²) >= 11 is 0. The van der Waals surface area contributed by atoms with Crippen LogP contribution in [0.1, 0.15) is 11.1 Å². The Bertz CT molecular complexity index is 831. The van der Waals surface area contributed by atoms with Crippen molar-refractivity contribution in [1.29, 1.82) is 0 Å². The largest absolute Gasteiger partial charge is 0.418 e. The first-order chi connectivity index (χ1) is 9.97. The molecule has 3 aromatic rings.